The number of nitrogens with zero attached hydrogens (tertiary/aromatic N) is 2. The standard InChI is InChI=1S/C31H35Cl2N3O5S/c1-3-29(31(38)34-23-9-7-8-10-23)35(20-22-13-16-25(41-2)17-14-22)30(37)21-36(24-15-18-27(32)28(33)19-24)42(39,40)26-11-5-4-6-12-26/h4-6,11-19,23,29H,3,7-10,20-21H2,1-2H3,(H,34,38). The van der Waals surface area contributed by atoms with Crippen LogP contribution in [0, 0.1) is 0 Å². The van der Waals surface area contributed by atoms with Crippen LogP contribution >= 0.6 is 23.2 Å². The average molecular weight is 633 g/mol. The third kappa shape index (κ3) is 7.56. The summed E-state index contributed by atoms with van der Waals surface area (Å²) < 4.78 is 34.1. The van der Waals surface area contributed by atoms with Crippen molar-refractivity contribution in [2.24, 2.45) is 0 Å². The van der Waals surface area contributed by atoms with E-state index in [1.165, 1.54) is 35.2 Å². The number of carbonyl (C=O) groups excluding carboxylic acids is 2. The van der Waals surface area contributed by atoms with Crippen LogP contribution in [0.4, 0.5) is 5.69 Å². The molecule has 11 heteroatoms. The van der Waals surface area contributed by atoms with Crippen molar-refractivity contribution in [3.8, 4) is 5.75 Å². The van der Waals surface area contributed by atoms with Gasteiger partial charge in [-0.25, -0.2) is 8.42 Å². The summed E-state index contributed by atoms with van der Waals surface area (Å²) in [4.78, 5) is 29.2. The number of methoxy groups -OCH3 is 1. The van der Waals surface area contributed by atoms with Crippen LogP contribution in [-0.4, -0.2) is 50.9 Å². The minimum Gasteiger partial charge on any atom is -0.497 e. The molecule has 2 amide bonds. The zero-order valence-electron chi connectivity index (χ0n) is 23.6. The van der Waals surface area contributed by atoms with Crippen LogP contribution in [0.1, 0.15) is 44.6 Å². The van der Waals surface area contributed by atoms with Crippen molar-refractivity contribution in [2.75, 3.05) is 18.0 Å². The van der Waals surface area contributed by atoms with Crippen molar-refractivity contribution in [1.29, 1.82) is 0 Å². The van der Waals surface area contributed by atoms with Crippen molar-refractivity contribution in [1.82, 2.24) is 10.2 Å². The molecule has 42 heavy (non-hydrogen) atoms. The molecule has 1 N–H and O–H groups in total. The van der Waals surface area contributed by atoms with Crippen molar-refractivity contribution < 1.29 is 22.7 Å². The maximum atomic E-state index is 14.2. The second kappa shape index (κ2) is 14.3. The number of hydrogen-bond acceptors (Lipinski definition) is 5. The first-order valence-electron chi connectivity index (χ1n) is 13.9. The van der Waals surface area contributed by atoms with E-state index in [9.17, 15) is 18.0 Å². The predicted molar refractivity (Wildman–Crippen MR) is 165 cm³/mol. The number of carbonyl (C=O) groups is 2. The zero-order valence-corrected chi connectivity index (χ0v) is 26.0. The molecule has 0 aliphatic heterocycles. The maximum Gasteiger partial charge on any atom is 0.264 e. The number of sulfonamides is 1. The van der Waals surface area contributed by atoms with Crippen molar-refractivity contribution in [3.63, 3.8) is 0 Å². The Labute approximate surface area is 257 Å². The first kappa shape index (κ1) is 31.7. The Hall–Kier alpha value is -3.27. The molecule has 0 aromatic heterocycles. The van der Waals surface area contributed by atoms with Gasteiger partial charge in [-0.2, -0.15) is 0 Å². The SMILES string of the molecule is CCC(C(=O)NC1CCCC1)N(Cc1ccc(OC)cc1)C(=O)CN(c1ccc(Cl)c(Cl)c1)S(=O)(=O)c1ccccc1. The van der Waals surface area contributed by atoms with E-state index < -0.39 is 28.5 Å². The molecule has 224 valence electrons. The molecule has 3 aromatic carbocycles. The quantitative estimate of drug-likeness (QED) is 0.262. The van der Waals surface area contributed by atoms with Gasteiger partial charge in [0, 0.05) is 12.6 Å². The van der Waals surface area contributed by atoms with Gasteiger partial charge in [0.2, 0.25) is 11.8 Å². The molecule has 0 saturated heterocycles. The Morgan fingerprint density at radius 1 is 0.976 bits per heavy atom. The van der Waals surface area contributed by atoms with E-state index in [-0.39, 0.29) is 39.1 Å². The van der Waals surface area contributed by atoms with Gasteiger partial charge in [-0.15, -0.1) is 0 Å². The molecule has 0 bridgehead atoms. The highest BCUT2D eigenvalue weighted by Crippen LogP contribution is 2.31. The largest absolute Gasteiger partial charge is 0.497 e. The molecule has 1 atom stereocenters. The molecule has 0 heterocycles. The molecule has 1 aliphatic rings. The number of ether oxygens (including phenoxy) is 1. The Kier molecular flexibility index (Phi) is 10.8. The summed E-state index contributed by atoms with van der Waals surface area (Å²) in [5, 5.41) is 3.50. The number of rotatable bonds is 12. The van der Waals surface area contributed by atoms with E-state index >= 15 is 0 Å². The number of nitrogens with one attached hydrogen (secondary N) is 1. The van der Waals surface area contributed by atoms with Crippen LogP contribution in [-0.2, 0) is 26.2 Å². The minimum atomic E-state index is -4.20. The van der Waals surface area contributed by atoms with Crippen molar-refractivity contribution >= 4 is 50.7 Å². The van der Waals surface area contributed by atoms with Gasteiger partial charge in [0.25, 0.3) is 10.0 Å². The van der Waals surface area contributed by atoms with Gasteiger partial charge in [0.05, 0.1) is 27.7 Å². The van der Waals surface area contributed by atoms with E-state index in [4.69, 9.17) is 27.9 Å². The summed E-state index contributed by atoms with van der Waals surface area (Å²) >= 11 is 12.4. The van der Waals surface area contributed by atoms with Crippen LogP contribution in [0.15, 0.2) is 77.7 Å². The highest BCUT2D eigenvalue weighted by Gasteiger charge is 2.34. The average Bonchev–Trinajstić information content (AvgIpc) is 3.51. The summed E-state index contributed by atoms with van der Waals surface area (Å²) in [5.41, 5.74) is 0.942. The van der Waals surface area contributed by atoms with E-state index in [1.807, 2.05) is 19.1 Å². The van der Waals surface area contributed by atoms with Crippen LogP contribution in [0.2, 0.25) is 10.0 Å². The fourth-order valence-corrected chi connectivity index (χ4v) is 6.82. The molecule has 1 unspecified atom stereocenters. The molecule has 1 aliphatic carbocycles. The summed E-state index contributed by atoms with van der Waals surface area (Å²) in [7, 11) is -2.63. The number of halogens is 2. The van der Waals surface area contributed by atoms with E-state index in [2.05, 4.69) is 5.32 Å². The lowest BCUT2D eigenvalue weighted by Crippen LogP contribution is -2.53. The summed E-state index contributed by atoms with van der Waals surface area (Å²) in [6.45, 7) is 1.38. The molecule has 8 nitrogen and oxygen atoms in total. The number of hydrogen-bond donors (Lipinski definition) is 1. The molecular formula is C31H35Cl2N3O5S. The van der Waals surface area contributed by atoms with Gasteiger partial charge >= 0.3 is 0 Å². The fourth-order valence-electron chi connectivity index (χ4n) is 5.10. The number of anilines is 1. The number of amides is 2. The van der Waals surface area contributed by atoms with Crippen LogP contribution < -0.4 is 14.4 Å². The minimum absolute atomic E-state index is 0.0107. The van der Waals surface area contributed by atoms with Gasteiger partial charge in [-0.05, 0) is 67.3 Å². The molecule has 3 aromatic rings. The highest BCUT2D eigenvalue weighted by molar-refractivity contribution is 7.92. The van der Waals surface area contributed by atoms with Crippen molar-refractivity contribution in [3.05, 3.63) is 88.4 Å². The Morgan fingerprint density at radius 2 is 1.64 bits per heavy atom. The predicted octanol–water partition coefficient (Wildman–Crippen LogP) is 6.06. The summed E-state index contributed by atoms with van der Waals surface area (Å²) in [5.74, 6) is -0.134. The van der Waals surface area contributed by atoms with Gasteiger partial charge in [0.15, 0.2) is 0 Å². The molecule has 1 fully saturated rings. The van der Waals surface area contributed by atoms with Crippen LogP contribution in [0.3, 0.4) is 0 Å². The van der Waals surface area contributed by atoms with E-state index in [0.29, 0.717) is 12.2 Å². The lowest BCUT2D eigenvalue weighted by atomic mass is 10.1. The van der Waals surface area contributed by atoms with Gasteiger partial charge in [-0.3, -0.25) is 13.9 Å². The Balaban J connectivity index is 1.72. The van der Waals surface area contributed by atoms with E-state index in [0.717, 1.165) is 35.6 Å². The lowest BCUT2D eigenvalue weighted by Gasteiger charge is -2.34. The second-order valence-electron chi connectivity index (χ2n) is 10.2. The number of benzene rings is 3. The smallest absolute Gasteiger partial charge is 0.264 e. The Morgan fingerprint density at radius 3 is 2.24 bits per heavy atom. The third-order valence-corrected chi connectivity index (χ3v) is 9.93. The third-order valence-electron chi connectivity index (χ3n) is 7.40. The first-order chi connectivity index (χ1) is 20.1. The summed E-state index contributed by atoms with van der Waals surface area (Å²) in [6, 6.07) is 18.7. The second-order valence-corrected chi connectivity index (χ2v) is 12.9. The first-order valence-corrected chi connectivity index (χ1v) is 16.1. The van der Waals surface area contributed by atoms with E-state index in [1.54, 1.807) is 37.4 Å². The molecular weight excluding hydrogens is 597 g/mol. The molecule has 1 saturated carbocycles. The molecule has 4 rings (SSSR count). The van der Waals surface area contributed by atoms with Gasteiger partial charge in [-0.1, -0.05) is 73.3 Å². The lowest BCUT2D eigenvalue weighted by molar-refractivity contribution is -0.140. The molecule has 0 spiro atoms. The van der Waals surface area contributed by atoms with Crippen LogP contribution in [0.5, 0.6) is 5.75 Å². The van der Waals surface area contributed by atoms with Gasteiger partial charge < -0.3 is 15.0 Å². The normalized spacial score (nSPS) is 14.3. The van der Waals surface area contributed by atoms with Gasteiger partial charge in [0.1, 0.15) is 18.3 Å². The highest BCUT2D eigenvalue weighted by atomic mass is 35.5. The van der Waals surface area contributed by atoms with Crippen LogP contribution in [0.25, 0.3) is 0 Å². The molecule has 0 radical (unpaired) electrons. The maximum absolute atomic E-state index is 14.2. The zero-order chi connectivity index (χ0) is 30.3. The monoisotopic (exact) mass is 631 g/mol. The summed E-state index contributed by atoms with van der Waals surface area (Å²) in [6.07, 6.45) is 4.24. The van der Waals surface area contributed by atoms with Crippen molar-refractivity contribution in [2.45, 2.75) is 62.6 Å². The fraction of sp³-hybridized carbons (Fsp3) is 0.355. The topological polar surface area (TPSA) is 96.0 Å². The Bertz CT molecular complexity index is 1480.